The summed E-state index contributed by atoms with van der Waals surface area (Å²) in [6, 6.07) is 2.07. The van der Waals surface area contributed by atoms with E-state index in [0.29, 0.717) is 25.3 Å². The molecule has 1 aromatic heterocycles. The van der Waals surface area contributed by atoms with Crippen LogP contribution < -0.4 is 5.32 Å². The van der Waals surface area contributed by atoms with Gasteiger partial charge in [0.2, 0.25) is 5.91 Å². The molecule has 1 aliphatic rings. The van der Waals surface area contributed by atoms with Crippen molar-refractivity contribution in [2.45, 2.75) is 39.7 Å². The second-order valence-corrected chi connectivity index (χ2v) is 6.57. The molecular weight excluding hydrogens is 274 g/mol. The van der Waals surface area contributed by atoms with Gasteiger partial charge in [0.15, 0.2) is 0 Å². The van der Waals surface area contributed by atoms with E-state index in [1.165, 1.54) is 10.4 Å². The molecule has 1 aliphatic carbocycles. The maximum Gasteiger partial charge on any atom is 0.307 e. The van der Waals surface area contributed by atoms with Crippen molar-refractivity contribution in [3.8, 4) is 0 Å². The van der Waals surface area contributed by atoms with E-state index in [-0.39, 0.29) is 11.8 Å². The molecule has 2 N–H and O–H groups in total. The molecule has 20 heavy (non-hydrogen) atoms. The molecule has 1 aromatic rings. The summed E-state index contributed by atoms with van der Waals surface area (Å²) in [5.41, 5.74) is 1.25. The third-order valence-electron chi connectivity index (χ3n) is 4.09. The van der Waals surface area contributed by atoms with Gasteiger partial charge in [-0.3, -0.25) is 9.59 Å². The first kappa shape index (κ1) is 15.0. The largest absolute Gasteiger partial charge is 0.481 e. The molecule has 5 heteroatoms. The first-order valence-corrected chi connectivity index (χ1v) is 7.96. The number of hydrogen-bond donors (Lipinski definition) is 2. The first-order chi connectivity index (χ1) is 9.52. The molecule has 1 heterocycles. The average molecular weight is 295 g/mol. The van der Waals surface area contributed by atoms with Gasteiger partial charge < -0.3 is 10.4 Å². The van der Waals surface area contributed by atoms with Gasteiger partial charge in [-0.2, -0.15) is 0 Å². The SMILES string of the molecule is CCc1ccsc1CNC(=O)C1CC(C)CC1C(=O)O. The lowest BCUT2D eigenvalue weighted by Gasteiger charge is -2.15. The summed E-state index contributed by atoms with van der Waals surface area (Å²) in [4.78, 5) is 24.6. The average Bonchev–Trinajstić information content (AvgIpc) is 3.01. The Morgan fingerprint density at radius 3 is 2.75 bits per heavy atom. The monoisotopic (exact) mass is 295 g/mol. The Morgan fingerprint density at radius 2 is 2.10 bits per heavy atom. The second kappa shape index (κ2) is 6.39. The zero-order valence-corrected chi connectivity index (χ0v) is 12.7. The van der Waals surface area contributed by atoms with Crippen LogP contribution in [0, 0.1) is 17.8 Å². The number of carboxylic acid groups (broad SMARTS) is 1. The molecule has 1 fully saturated rings. The fourth-order valence-corrected chi connectivity index (χ4v) is 3.91. The Bertz CT molecular complexity index is 497. The predicted molar refractivity (Wildman–Crippen MR) is 78.6 cm³/mol. The summed E-state index contributed by atoms with van der Waals surface area (Å²) >= 11 is 1.64. The maximum atomic E-state index is 12.2. The third kappa shape index (κ3) is 3.20. The van der Waals surface area contributed by atoms with Crippen molar-refractivity contribution in [1.29, 1.82) is 0 Å². The van der Waals surface area contributed by atoms with E-state index < -0.39 is 11.9 Å². The van der Waals surface area contributed by atoms with Gasteiger partial charge in [-0.05, 0) is 42.2 Å². The molecule has 1 amide bonds. The van der Waals surface area contributed by atoms with E-state index in [4.69, 9.17) is 0 Å². The predicted octanol–water partition coefficient (Wildman–Crippen LogP) is 2.67. The highest BCUT2D eigenvalue weighted by molar-refractivity contribution is 7.10. The summed E-state index contributed by atoms with van der Waals surface area (Å²) in [7, 11) is 0. The molecule has 0 saturated heterocycles. The zero-order valence-electron chi connectivity index (χ0n) is 11.9. The molecule has 0 aliphatic heterocycles. The van der Waals surface area contributed by atoms with Gasteiger partial charge in [-0.15, -0.1) is 11.3 Å². The standard InChI is InChI=1S/C15H21NO3S/c1-3-10-4-5-20-13(10)8-16-14(17)11-6-9(2)7-12(11)15(18)19/h4-5,9,11-12H,3,6-8H2,1-2H3,(H,16,17)(H,18,19). The van der Waals surface area contributed by atoms with Crippen LogP contribution in [0.15, 0.2) is 11.4 Å². The summed E-state index contributed by atoms with van der Waals surface area (Å²) in [6.45, 7) is 4.61. The van der Waals surface area contributed by atoms with Crippen LogP contribution in [-0.2, 0) is 22.6 Å². The van der Waals surface area contributed by atoms with E-state index >= 15 is 0 Å². The maximum absolute atomic E-state index is 12.2. The van der Waals surface area contributed by atoms with Gasteiger partial charge in [-0.1, -0.05) is 13.8 Å². The van der Waals surface area contributed by atoms with Crippen LogP contribution in [-0.4, -0.2) is 17.0 Å². The Hall–Kier alpha value is -1.36. The molecule has 0 aromatic carbocycles. The number of carbonyl (C=O) groups is 2. The van der Waals surface area contributed by atoms with Crippen LogP contribution in [0.4, 0.5) is 0 Å². The minimum absolute atomic E-state index is 0.114. The van der Waals surface area contributed by atoms with Gasteiger partial charge in [0.05, 0.1) is 18.4 Å². The van der Waals surface area contributed by atoms with Gasteiger partial charge in [0.25, 0.3) is 0 Å². The molecule has 4 nitrogen and oxygen atoms in total. The number of carboxylic acids is 1. The number of hydrogen-bond acceptors (Lipinski definition) is 3. The van der Waals surface area contributed by atoms with Crippen molar-refractivity contribution in [1.82, 2.24) is 5.32 Å². The van der Waals surface area contributed by atoms with Crippen molar-refractivity contribution < 1.29 is 14.7 Å². The number of aryl methyl sites for hydroxylation is 1. The van der Waals surface area contributed by atoms with Crippen LogP contribution in [0.2, 0.25) is 0 Å². The smallest absolute Gasteiger partial charge is 0.307 e. The van der Waals surface area contributed by atoms with Crippen molar-refractivity contribution in [3.05, 3.63) is 21.9 Å². The lowest BCUT2D eigenvalue weighted by atomic mass is 9.95. The summed E-state index contributed by atoms with van der Waals surface area (Å²) in [5.74, 6) is -1.57. The molecule has 2 rings (SSSR count). The number of nitrogens with one attached hydrogen (secondary N) is 1. The number of thiophene rings is 1. The third-order valence-corrected chi connectivity index (χ3v) is 5.06. The van der Waals surface area contributed by atoms with Gasteiger partial charge in [-0.25, -0.2) is 0 Å². The number of rotatable bonds is 5. The molecule has 1 saturated carbocycles. The number of carbonyl (C=O) groups excluding carboxylic acids is 1. The lowest BCUT2D eigenvalue weighted by Crippen LogP contribution is -2.34. The number of aliphatic carboxylic acids is 1. The topological polar surface area (TPSA) is 66.4 Å². The highest BCUT2D eigenvalue weighted by Gasteiger charge is 2.41. The highest BCUT2D eigenvalue weighted by atomic mass is 32.1. The van der Waals surface area contributed by atoms with E-state index in [1.54, 1.807) is 11.3 Å². The first-order valence-electron chi connectivity index (χ1n) is 7.08. The normalized spacial score (nSPS) is 25.6. The fraction of sp³-hybridized carbons (Fsp3) is 0.600. The molecule has 0 spiro atoms. The molecule has 0 bridgehead atoms. The van der Waals surface area contributed by atoms with Crippen LogP contribution >= 0.6 is 11.3 Å². The van der Waals surface area contributed by atoms with Crippen LogP contribution in [0.25, 0.3) is 0 Å². The van der Waals surface area contributed by atoms with E-state index in [2.05, 4.69) is 18.3 Å². The molecular formula is C15H21NO3S. The Kier molecular flexibility index (Phi) is 4.81. The fourth-order valence-electron chi connectivity index (χ4n) is 2.99. The highest BCUT2D eigenvalue weighted by Crippen LogP contribution is 2.36. The molecule has 3 unspecified atom stereocenters. The van der Waals surface area contributed by atoms with Crippen molar-refractivity contribution in [2.75, 3.05) is 0 Å². The van der Waals surface area contributed by atoms with E-state index in [0.717, 1.165) is 6.42 Å². The van der Waals surface area contributed by atoms with E-state index in [1.807, 2.05) is 12.3 Å². The lowest BCUT2D eigenvalue weighted by molar-refractivity contribution is -0.146. The van der Waals surface area contributed by atoms with Crippen molar-refractivity contribution >= 4 is 23.2 Å². The Balaban J connectivity index is 1.96. The second-order valence-electron chi connectivity index (χ2n) is 5.57. The molecule has 110 valence electrons. The van der Waals surface area contributed by atoms with Gasteiger partial charge >= 0.3 is 5.97 Å². The molecule has 0 radical (unpaired) electrons. The summed E-state index contributed by atoms with van der Waals surface area (Å²) < 4.78 is 0. The quantitative estimate of drug-likeness (QED) is 0.877. The van der Waals surface area contributed by atoms with Gasteiger partial charge in [0, 0.05) is 4.88 Å². The van der Waals surface area contributed by atoms with Crippen LogP contribution in [0.5, 0.6) is 0 Å². The Morgan fingerprint density at radius 1 is 1.40 bits per heavy atom. The van der Waals surface area contributed by atoms with Crippen molar-refractivity contribution in [3.63, 3.8) is 0 Å². The molecule has 3 atom stereocenters. The van der Waals surface area contributed by atoms with E-state index in [9.17, 15) is 14.7 Å². The zero-order chi connectivity index (χ0) is 14.7. The minimum Gasteiger partial charge on any atom is -0.481 e. The summed E-state index contributed by atoms with van der Waals surface area (Å²) in [6.07, 6.45) is 2.23. The minimum atomic E-state index is -0.847. The van der Waals surface area contributed by atoms with Crippen LogP contribution in [0.1, 0.15) is 37.1 Å². The Labute approximate surface area is 123 Å². The van der Waals surface area contributed by atoms with Gasteiger partial charge in [0.1, 0.15) is 0 Å². The number of amides is 1. The summed E-state index contributed by atoms with van der Waals surface area (Å²) in [5, 5.41) is 14.1. The van der Waals surface area contributed by atoms with Crippen LogP contribution in [0.3, 0.4) is 0 Å². The van der Waals surface area contributed by atoms with Crippen molar-refractivity contribution in [2.24, 2.45) is 17.8 Å².